The summed E-state index contributed by atoms with van der Waals surface area (Å²) in [5.74, 6) is 0. The zero-order valence-corrected chi connectivity index (χ0v) is 17.5. The van der Waals surface area contributed by atoms with Crippen LogP contribution in [0.3, 0.4) is 0 Å². The number of rotatable bonds is 4. The van der Waals surface area contributed by atoms with Crippen molar-refractivity contribution in [3.8, 4) is 0 Å². The van der Waals surface area contributed by atoms with E-state index in [0.717, 1.165) is 38.0 Å². The smallest absolute Gasteiger partial charge is 0.243 e. The maximum Gasteiger partial charge on any atom is 0.243 e. The molecule has 0 aliphatic carbocycles. The van der Waals surface area contributed by atoms with Crippen LogP contribution in [0.4, 0.5) is 0 Å². The minimum absolute atomic E-state index is 0.326. The fourth-order valence-corrected chi connectivity index (χ4v) is 6.03. The van der Waals surface area contributed by atoms with E-state index in [0.29, 0.717) is 23.4 Å². The first-order valence-electron chi connectivity index (χ1n) is 10.3. The molecule has 2 aliphatic heterocycles. The van der Waals surface area contributed by atoms with Gasteiger partial charge in [-0.3, -0.25) is 4.90 Å². The molecule has 2 aliphatic rings. The molecule has 5 heteroatoms. The predicted molar refractivity (Wildman–Crippen MR) is 113 cm³/mol. The summed E-state index contributed by atoms with van der Waals surface area (Å²) in [5, 5.41) is 0. The summed E-state index contributed by atoms with van der Waals surface area (Å²) in [6, 6.07) is 17.9. The summed E-state index contributed by atoms with van der Waals surface area (Å²) < 4.78 is 27.6. The Balaban J connectivity index is 1.33. The number of piperidine rings is 2. The average molecular weight is 399 g/mol. The van der Waals surface area contributed by atoms with Gasteiger partial charge in [0.05, 0.1) is 4.90 Å². The third-order valence-electron chi connectivity index (χ3n) is 6.61. The second kappa shape index (κ2) is 7.97. The predicted octanol–water partition coefficient (Wildman–Crippen LogP) is 4.06. The Morgan fingerprint density at radius 3 is 2.00 bits per heavy atom. The van der Waals surface area contributed by atoms with Gasteiger partial charge in [0, 0.05) is 19.6 Å². The van der Waals surface area contributed by atoms with E-state index in [-0.39, 0.29) is 0 Å². The number of hydrogen-bond acceptors (Lipinski definition) is 3. The number of benzene rings is 2. The van der Waals surface area contributed by atoms with E-state index >= 15 is 0 Å². The van der Waals surface area contributed by atoms with Crippen LogP contribution in [0.15, 0.2) is 59.5 Å². The molecule has 0 atom stereocenters. The molecule has 2 aromatic carbocycles. The van der Waals surface area contributed by atoms with Crippen molar-refractivity contribution < 1.29 is 8.42 Å². The molecular formula is C23H30N2O2S. The Morgan fingerprint density at radius 1 is 0.821 bits per heavy atom. The molecule has 0 N–H and O–H groups in total. The standard InChI is InChI=1S/C23H30N2O2S/c1-20-7-9-22(10-8-20)28(26,27)25-17-13-23(14-18-25)11-15-24(16-12-23)19-21-5-3-2-4-6-21/h2-10H,11-19H2,1H3. The lowest BCUT2D eigenvalue weighted by Gasteiger charge is -2.46. The third kappa shape index (κ3) is 4.17. The fraction of sp³-hybridized carbons (Fsp3) is 0.478. The molecule has 28 heavy (non-hydrogen) atoms. The van der Waals surface area contributed by atoms with Crippen LogP contribution >= 0.6 is 0 Å². The van der Waals surface area contributed by atoms with Gasteiger partial charge in [-0.1, -0.05) is 48.0 Å². The van der Waals surface area contributed by atoms with Gasteiger partial charge in [0.15, 0.2) is 0 Å². The number of aryl methyl sites for hydroxylation is 1. The van der Waals surface area contributed by atoms with E-state index < -0.39 is 10.0 Å². The van der Waals surface area contributed by atoms with Gasteiger partial charge in [0.25, 0.3) is 0 Å². The van der Waals surface area contributed by atoms with Gasteiger partial charge in [0.2, 0.25) is 10.0 Å². The Kier molecular flexibility index (Phi) is 5.59. The zero-order valence-electron chi connectivity index (χ0n) is 16.7. The highest BCUT2D eigenvalue weighted by Gasteiger charge is 2.40. The van der Waals surface area contributed by atoms with Crippen LogP contribution in [0.1, 0.15) is 36.8 Å². The number of nitrogens with zero attached hydrogens (tertiary/aromatic N) is 2. The summed E-state index contributed by atoms with van der Waals surface area (Å²) in [4.78, 5) is 2.96. The first kappa shape index (κ1) is 19.6. The molecule has 0 unspecified atom stereocenters. The van der Waals surface area contributed by atoms with Gasteiger partial charge < -0.3 is 0 Å². The molecule has 0 amide bonds. The Labute approximate surface area is 169 Å². The van der Waals surface area contributed by atoms with Crippen LogP contribution in [0.5, 0.6) is 0 Å². The molecule has 0 saturated carbocycles. The van der Waals surface area contributed by atoms with Crippen LogP contribution in [0.25, 0.3) is 0 Å². The van der Waals surface area contributed by atoms with E-state index in [1.165, 1.54) is 18.4 Å². The molecule has 4 rings (SSSR count). The lowest BCUT2D eigenvalue weighted by Crippen LogP contribution is -2.48. The quantitative estimate of drug-likeness (QED) is 0.780. The Morgan fingerprint density at radius 2 is 1.39 bits per heavy atom. The third-order valence-corrected chi connectivity index (χ3v) is 8.52. The van der Waals surface area contributed by atoms with E-state index in [1.807, 2.05) is 19.1 Å². The van der Waals surface area contributed by atoms with Crippen LogP contribution in [-0.2, 0) is 16.6 Å². The number of sulfonamides is 1. The first-order valence-corrected chi connectivity index (χ1v) is 11.7. The SMILES string of the molecule is Cc1ccc(S(=O)(=O)N2CCC3(CCN(Cc4ccccc4)CC3)CC2)cc1. The van der Waals surface area contributed by atoms with Crippen molar-refractivity contribution in [3.63, 3.8) is 0 Å². The summed E-state index contributed by atoms with van der Waals surface area (Å²) in [6.45, 7) is 6.51. The highest BCUT2D eigenvalue weighted by Crippen LogP contribution is 2.42. The van der Waals surface area contributed by atoms with Crippen LogP contribution in [-0.4, -0.2) is 43.8 Å². The van der Waals surface area contributed by atoms with Crippen molar-refractivity contribution in [3.05, 3.63) is 65.7 Å². The van der Waals surface area contributed by atoms with E-state index in [4.69, 9.17) is 0 Å². The summed E-state index contributed by atoms with van der Waals surface area (Å²) >= 11 is 0. The molecule has 2 saturated heterocycles. The van der Waals surface area contributed by atoms with E-state index in [9.17, 15) is 8.42 Å². The lowest BCUT2D eigenvalue weighted by molar-refractivity contribution is 0.0529. The van der Waals surface area contributed by atoms with Crippen molar-refractivity contribution in [2.45, 2.75) is 44.0 Å². The minimum Gasteiger partial charge on any atom is -0.299 e. The highest BCUT2D eigenvalue weighted by atomic mass is 32.2. The number of likely N-dealkylation sites (tertiary alicyclic amines) is 1. The molecule has 0 radical (unpaired) electrons. The van der Waals surface area contributed by atoms with Crippen molar-refractivity contribution in [1.82, 2.24) is 9.21 Å². The van der Waals surface area contributed by atoms with Gasteiger partial charge >= 0.3 is 0 Å². The monoisotopic (exact) mass is 398 g/mol. The second-order valence-corrected chi connectivity index (χ2v) is 10.4. The molecule has 2 heterocycles. The summed E-state index contributed by atoms with van der Waals surface area (Å²) in [6.07, 6.45) is 4.32. The topological polar surface area (TPSA) is 40.6 Å². The zero-order chi connectivity index (χ0) is 19.6. The van der Waals surface area contributed by atoms with E-state index in [1.54, 1.807) is 16.4 Å². The van der Waals surface area contributed by atoms with Crippen molar-refractivity contribution in [2.75, 3.05) is 26.2 Å². The van der Waals surface area contributed by atoms with Crippen molar-refractivity contribution in [2.24, 2.45) is 5.41 Å². The molecule has 150 valence electrons. The van der Waals surface area contributed by atoms with Gasteiger partial charge in [-0.2, -0.15) is 4.31 Å². The maximum atomic E-state index is 12.9. The van der Waals surface area contributed by atoms with Crippen LogP contribution < -0.4 is 0 Å². The minimum atomic E-state index is -3.36. The lowest BCUT2D eigenvalue weighted by atomic mass is 9.71. The highest BCUT2D eigenvalue weighted by molar-refractivity contribution is 7.89. The van der Waals surface area contributed by atoms with E-state index in [2.05, 4.69) is 35.2 Å². The molecule has 0 bridgehead atoms. The largest absolute Gasteiger partial charge is 0.299 e. The van der Waals surface area contributed by atoms with Gasteiger partial charge in [0.1, 0.15) is 0 Å². The molecule has 4 nitrogen and oxygen atoms in total. The Bertz CT molecular complexity index is 876. The van der Waals surface area contributed by atoms with Crippen LogP contribution in [0.2, 0.25) is 0 Å². The van der Waals surface area contributed by atoms with Gasteiger partial charge in [-0.25, -0.2) is 8.42 Å². The maximum absolute atomic E-state index is 12.9. The van der Waals surface area contributed by atoms with Gasteiger partial charge in [-0.15, -0.1) is 0 Å². The normalized spacial score (nSPS) is 21.0. The molecule has 0 aromatic heterocycles. The summed E-state index contributed by atoms with van der Waals surface area (Å²) in [5.41, 5.74) is 2.78. The Hall–Kier alpha value is -1.69. The first-order chi connectivity index (χ1) is 13.5. The van der Waals surface area contributed by atoms with Crippen molar-refractivity contribution >= 4 is 10.0 Å². The average Bonchev–Trinajstić information content (AvgIpc) is 2.71. The molecular weight excluding hydrogens is 368 g/mol. The van der Waals surface area contributed by atoms with Crippen molar-refractivity contribution in [1.29, 1.82) is 0 Å². The molecule has 2 fully saturated rings. The number of hydrogen-bond donors (Lipinski definition) is 0. The second-order valence-electron chi connectivity index (χ2n) is 8.48. The summed E-state index contributed by atoms with van der Waals surface area (Å²) in [7, 11) is -3.36. The molecule has 1 spiro atoms. The molecule has 2 aromatic rings. The van der Waals surface area contributed by atoms with Gasteiger partial charge in [-0.05, 0) is 68.8 Å². The fourth-order valence-electron chi connectivity index (χ4n) is 4.59. The van der Waals surface area contributed by atoms with Crippen LogP contribution in [0, 0.1) is 12.3 Å².